The Morgan fingerprint density at radius 1 is 1.03 bits per heavy atom. The van der Waals surface area contributed by atoms with Crippen LogP contribution in [0.3, 0.4) is 0 Å². The molecule has 3 heterocycles. The Bertz CT molecular complexity index is 967. The van der Waals surface area contributed by atoms with Gasteiger partial charge < -0.3 is 19.1 Å². The molecule has 7 nitrogen and oxygen atoms in total. The number of aromatic nitrogens is 3. The smallest absolute Gasteiger partial charge is 0.260 e. The van der Waals surface area contributed by atoms with E-state index in [1.807, 2.05) is 47.0 Å². The Kier molecular flexibility index (Phi) is 5.67. The number of halogens is 1. The number of amides is 1. The molecule has 1 aliphatic heterocycles. The molecule has 1 amide bonds. The fourth-order valence-corrected chi connectivity index (χ4v) is 3.40. The highest BCUT2D eigenvalue weighted by atomic mass is 35.5. The number of carbonyl (C=O) groups is 1. The van der Waals surface area contributed by atoms with Crippen molar-refractivity contribution in [1.29, 1.82) is 0 Å². The predicted octanol–water partition coefficient (Wildman–Crippen LogP) is 2.96. The zero-order valence-electron chi connectivity index (χ0n) is 16.2. The van der Waals surface area contributed by atoms with Gasteiger partial charge in [-0.1, -0.05) is 11.6 Å². The molecule has 0 saturated carbocycles. The average Bonchev–Trinajstić information content (AvgIpc) is 3.28. The number of ether oxygens (including phenoxy) is 1. The average molecular weight is 412 g/mol. The molecule has 0 bridgehead atoms. The number of anilines is 1. The molecule has 3 aromatic rings. The molecule has 0 N–H and O–H groups in total. The quantitative estimate of drug-likeness (QED) is 0.646. The van der Waals surface area contributed by atoms with Crippen molar-refractivity contribution in [3.05, 3.63) is 65.7 Å². The topological polar surface area (TPSA) is 63.5 Å². The van der Waals surface area contributed by atoms with Crippen LogP contribution in [-0.2, 0) is 4.79 Å². The van der Waals surface area contributed by atoms with Gasteiger partial charge in [-0.15, -0.1) is 0 Å². The number of benzene rings is 1. The first-order valence-corrected chi connectivity index (χ1v) is 9.86. The summed E-state index contributed by atoms with van der Waals surface area (Å²) >= 11 is 5.86. The molecule has 1 aromatic carbocycles. The number of rotatable bonds is 5. The summed E-state index contributed by atoms with van der Waals surface area (Å²) in [5, 5.41) is 0.639. The Morgan fingerprint density at radius 3 is 2.38 bits per heavy atom. The van der Waals surface area contributed by atoms with E-state index in [9.17, 15) is 4.79 Å². The van der Waals surface area contributed by atoms with Crippen LogP contribution in [0.15, 0.2) is 54.9 Å². The minimum absolute atomic E-state index is 0.0199. The number of carbonyl (C=O) groups excluding carboxylic acids is 1. The lowest BCUT2D eigenvalue weighted by Gasteiger charge is -2.35. The minimum atomic E-state index is -0.0218. The van der Waals surface area contributed by atoms with Crippen molar-refractivity contribution in [1.82, 2.24) is 19.4 Å². The fraction of sp³-hybridized carbons (Fsp3) is 0.286. The van der Waals surface area contributed by atoms with E-state index in [0.717, 1.165) is 17.5 Å². The van der Waals surface area contributed by atoms with Gasteiger partial charge in [0.2, 0.25) is 0 Å². The maximum absolute atomic E-state index is 12.5. The monoisotopic (exact) mass is 411 g/mol. The molecule has 150 valence electrons. The third-order valence-electron chi connectivity index (χ3n) is 4.81. The van der Waals surface area contributed by atoms with Crippen molar-refractivity contribution in [3.63, 3.8) is 0 Å². The summed E-state index contributed by atoms with van der Waals surface area (Å²) in [6.45, 7) is 4.61. The van der Waals surface area contributed by atoms with E-state index in [4.69, 9.17) is 16.3 Å². The van der Waals surface area contributed by atoms with Crippen LogP contribution in [0.25, 0.3) is 5.82 Å². The van der Waals surface area contributed by atoms with Crippen LogP contribution in [0.5, 0.6) is 5.75 Å². The van der Waals surface area contributed by atoms with E-state index in [0.29, 0.717) is 37.0 Å². The normalized spacial score (nSPS) is 14.1. The van der Waals surface area contributed by atoms with Crippen molar-refractivity contribution in [2.45, 2.75) is 6.92 Å². The molecule has 0 unspecified atom stereocenters. The van der Waals surface area contributed by atoms with Crippen molar-refractivity contribution >= 4 is 23.3 Å². The molecule has 1 fully saturated rings. The lowest BCUT2D eigenvalue weighted by molar-refractivity contribution is -0.133. The summed E-state index contributed by atoms with van der Waals surface area (Å²) in [6.07, 6.45) is 3.92. The molecule has 2 aromatic heterocycles. The lowest BCUT2D eigenvalue weighted by Crippen LogP contribution is -2.50. The number of hydrogen-bond donors (Lipinski definition) is 0. The number of piperazine rings is 1. The first kappa shape index (κ1) is 19.3. The highest BCUT2D eigenvalue weighted by molar-refractivity contribution is 6.30. The van der Waals surface area contributed by atoms with Gasteiger partial charge in [-0.05, 0) is 43.3 Å². The van der Waals surface area contributed by atoms with Gasteiger partial charge in [0.15, 0.2) is 6.61 Å². The van der Waals surface area contributed by atoms with Crippen LogP contribution in [0.1, 0.15) is 5.82 Å². The molecule has 29 heavy (non-hydrogen) atoms. The van der Waals surface area contributed by atoms with Crippen LogP contribution in [-0.4, -0.2) is 58.1 Å². The van der Waals surface area contributed by atoms with Gasteiger partial charge in [0.25, 0.3) is 5.91 Å². The van der Waals surface area contributed by atoms with E-state index in [1.54, 1.807) is 24.3 Å². The van der Waals surface area contributed by atoms with Gasteiger partial charge in [0, 0.05) is 49.7 Å². The van der Waals surface area contributed by atoms with Crippen LogP contribution >= 0.6 is 11.6 Å². The first-order valence-electron chi connectivity index (χ1n) is 9.48. The zero-order valence-corrected chi connectivity index (χ0v) is 16.9. The SMILES string of the molecule is Cc1nc(N2CCN(C(=O)COc3ccc(Cl)cc3)CC2)cc(-n2cccc2)n1. The summed E-state index contributed by atoms with van der Waals surface area (Å²) in [7, 11) is 0. The molecule has 0 atom stereocenters. The first-order chi connectivity index (χ1) is 14.1. The van der Waals surface area contributed by atoms with Crippen molar-refractivity contribution in [2.75, 3.05) is 37.7 Å². The second-order valence-corrected chi connectivity index (χ2v) is 7.27. The summed E-state index contributed by atoms with van der Waals surface area (Å²) < 4.78 is 7.54. The summed E-state index contributed by atoms with van der Waals surface area (Å²) in [5.74, 6) is 3.06. The maximum atomic E-state index is 12.5. The summed E-state index contributed by atoms with van der Waals surface area (Å²) in [6, 6.07) is 12.9. The Morgan fingerprint density at radius 2 is 1.69 bits per heavy atom. The third-order valence-corrected chi connectivity index (χ3v) is 5.06. The highest BCUT2D eigenvalue weighted by Crippen LogP contribution is 2.18. The van der Waals surface area contributed by atoms with Gasteiger partial charge in [-0.3, -0.25) is 4.79 Å². The molecule has 4 rings (SSSR count). The summed E-state index contributed by atoms with van der Waals surface area (Å²) in [5.41, 5.74) is 0. The van der Waals surface area contributed by atoms with Crippen LogP contribution < -0.4 is 9.64 Å². The van der Waals surface area contributed by atoms with Gasteiger partial charge in [-0.25, -0.2) is 9.97 Å². The summed E-state index contributed by atoms with van der Waals surface area (Å²) in [4.78, 5) is 25.6. The number of hydrogen-bond acceptors (Lipinski definition) is 5. The maximum Gasteiger partial charge on any atom is 0.260 e. The molecule has 0 radical (unpaired) electrons. The molecule has 0 aliphatic carbocycles. The molecule has 1 aliphatic rings. The van der Waals surface area contributed by atoms with Gasteiger partial charge in [0.1, 0.15) is 23.2 Å². The van der Waals surface area contributed by atoms with Crippen LogP contribution in [0.4, 0.5) is 5.82 Å². The molecule has 8 heteroatoms. The predicted molar refractivity (Wildman–Crippen MR) is 112 cm³/mol. The largest absolute Gasteiger partial charge is 0.484 e. The van der Waals surface area contributed by atoms with Gasteiger partial charge in [-0.2, -0.15) is 0 Å². The van der Waals surface area contributed by atoms with Crippen molar-refractivity contribution < 1.29 is 9.53 Å². The zero-order chi connectivity index (χ0) is 20.2. The van der Waals surface area contributed by atoms with Gasteiger partial charge in [0.05, 0.1) is 0 Å². The highest BCUT2D eigenvalue weighted by Gasteiger charge is 2.23. The van der Waals surface area contributed by atoms with E-state index < -0.39 is 0 Å². The standard InChI is InChI=1S/C21H22ClN5O2/c1-16-23-19(25-8-2-3-9-25)14-20(24-16)26-10-12-27(13-11-26)21(28)15-29-18-6-4-17(22)5-7-18/h2-9,14H,10-13,15H2,1H3. The Balaban J connectivity index is 1.34. The second kappa shape index (κ2) is 8.53. The molecule has 0 spiro atoms. The molecular weight excluding hydrogens is 390 g/mol. The van der Waals surface area contributed by atoms with Gasteiger partial charge >= 0.3 is 0 Å². The van der Waals surface area contributed by atoms with Crippen molar-refractivity contribution in [3.8, 4) is 11.6 Å². The Labute approximate surface area is 174 Å². The molecule has 1 saturated heterocycles. The third kappa shape index (κ3) is 4.68. The van der Waals surface area contributed by atoms with E-state index in [-0.39, 0.29) is 12.5 Å². The lowest BCUT2D eigenvalue weighted by atomic mass is 10.3. The fourth-order valence-electron chi connectivity index (χ4n) is 3.27. The van der Waals surface area contributed by atoms with Crippen LogP contribution in [0, 0.1) is 6.92 Å². The number of aryl methyl sites for hydroxylation is 1. The van der Waals surface area contributed by atoms with Crippen LogP contribution in [0.2, 0.25) is 5.02 Å². The number of nitrogens with zero attached hydrogens (tertiary/aromatic N) is 5. The van der Waals surface area contributed by atoms with Crippen molar-refractivity contribution in [2.24, 2.45) is 0 Å². The minimum Gasteiger partial charge on any atom is -0.484 e. The molecular formula is C21H22ClN5O2. The van der Waals surface area contributed by atoms with E-state index in [1.165, 1.54) is 0 Å². The van der Waals surface area contributed by atoms with E-state index >= 15 is 0 Å². The van der Waals surface area contributed by atoms with E-state index in [2.05, 4.69) is 14.9 Å². The Hall–Kier alpha value is -3.06. The second-order valence-electron chi connectivity index (χ2n) is 6.83.